The molecule has 0 saturated carbocycles. The normalized spacial score (nSPS) is 10.9. The quantitative estimate of drug-likeness (QED) is 0.695. The van der Waals surface area contributed by atoms with Crippen molar-refractivity contribution < 1.29 is 4.79 Å². The third-order valence-corrected chi connectivity index (χ3v) is 3.88. The van der Waals surface area contributed by atoms with Gasteiger partial charge in [-0.1, -0.05) is 12.1 Å². The van der Waals surface area contributed by atoms with Crippen LogP contribution in [0.4, 0.5) is 5.69 Å². The Hall–Kier alpha value is -2.14. The Kier molecular flexibility index (Phi) is 4.53. The van der Waals surface area contributed by atoms with Crippen molar-refractivity contribution in [1.29, 1.82) is 0 Å². The Balaban J connectivity index is 1.97. The maximum Gasteiger partial charge on any atom is 0.246 e. The van der Waals surface area contributed by atoms with E-state index < -0.39 is 0 Å². The lowest BCUT2D eigenvalue weighted by Gasteiger charge is -2.14. The number of nitrogens with two attached hydrogens (primary N) is 1. The summed E-state index contributed by atoms with van der Waals surface area (Å²) in [4.78, 5) is 19.0. The Morgan fingerprint density at radius 3 is 2.70 bits per heavy atom. The van der Waals surface area contributed by atoms with Gasteiger partial charge >= 0.3 is 0 Å². The first-order valence-corrected chi connectivity index (χ1v) is 7.12. The summed E-state index contributed by atoms with van der Waals surface area (Å²) in [6, 6.07) is 7.39. The number of carbonyl (C=O) groups excluding carboxylic acids is 1. The zero-order valence-electron chi connectivity index (χ0n) is 11.5. The number of nitrogen functional groups attached to an aromatic ring is 1. The van der Waals surface area contributed by atoms with Crippen molar-refractivity contribution in [2.75, 3.05) is 12.8 Å². The molecule has 0 bridgehead atoms. The van der Waals surface area contributed by atoms with Crippen molar-refractivity contribution >= 4 is 29.0 Å². The summed E-state index contributed by atoms with van der Waals surface area (Å²) < 4.78 is 0. The van der Waals surface area contributed by atoms with E-state index in [0.29, 0.717) is 12.2 Å². The van der Waals surface area contributed by atoms with E-state index in [1.54, 1.807) is 40.9 Å². The van der Waals surface area contributed by atoms with Gasteiger partial charge in [0, 0.05) is 23.7 Å². The van der Waals surface area contributed by atoms with Gasteiger partial charge in [0.15, 0.2) is 0 Å². The summed E-state index contributed by atoms with van der Waals surface area (Å²) in [5.74, 6) is -0.0328. The minimum Gasteiger partial charge on any atom is -0.399 e. The van der Waals surface area contributed by atoms with Crippen LogP contribution in [0, 0.1) is 6.92 Å². The summed E-state index contributed by atoms with van der Waals surface area (Å²) in [5, 5.41) is 0. The van der Waals surface area contributed by atoms with E-state index in [0.717, 1.165) is 16.1 Å². The molecule has 0 aliphatic rings. The largest absolute Gasteiger partial charge is 0.399 e. The number of aromatic nitrogens is 1. The second kappa shape index (κ2) is 6.34. The van der Waals surface area contributed by atoms with Gasteiger partial charge in [-0.15, -0.1) is 11.3 Å². The molecular formula is C15H17N3OS. The number of hydrogen-bond donors (Lipinski definition) is 1. The minimum absolute atomic E-state index is 0.0328. The molecule has 0 atom stereocenters. The van der Waals surface area contributed by atoms with Gasteiger partial charge in [-0.05, 0) is 30.7 Å². The van der Waals surface area contributed by atoms with Crippen molar-refractivity contribution in [2.45, 2.75) is 13.5 Å². The summed E-state index contributed by atoms with van der Waals surface area (Å²) in [5.41, 5.74) is 10.1. The first-order chi connectivity index (χ1) is 9.56. The van der Waals surface area contributed by atoms with Gasteiger partial charge in [-0.25, -0.2) is 4.98 Å². The van der Waals surface area contributed by atoms with Crippen molar-refractivity contribution in [3.8, 4) is 0 Å². The zero-order chi connectivity index (χ0) is 14.5. The molecular weight excluding hydrogens is 270 g/mol. The lowest BCUT2D eigenvalue weighted by Crippen LogP contribution is -2.23. The molecule has 2 rings (SSSR count). The number of anilines is 1. The smallest absolute Gasteiger partial charge is 0.246 e. The standard InChI is InChI=1S/C15H17N3OS/c1-11-14(20-10-17-11)9-18(2)15(19)8-5-12-3-6-13(16)7-4-12/h3-8,10H,9,16H2,1-2H3/b8-5+. The predicted octanol–water partition coefficient (Wildman–Crippen LogP) is 2.71. The van der Waals surface area contributed by atoms with Crippen LogP contribution in [-0.4, -0.2) is 22.8 Å². The average molecular weight is 287 g/mol. The van der Waals surface area contributed by atoms with Crippen LogP contribution in [0.15, 0.2) is 35.9 Å². The first-order valence-electron chi connectivity index (χ1n) is 6.24. The molecule has 1 amide bonds. The number of aryl methyl sites for hydroxylation is 1. The number of rotatable bonds is 4. The molecule has 0 unspecified atom stereocenters. The molecule has 2 N–H and O–H groups in total. The SMILES string of the molecule is Cc1ncsc1CN(C)C(=O)/C=C/c1ccc(N)cc1. The van der Waals surface area contributed by atoms with Gasteiger partial charge in [0.2, 0.25) is 5.91 Å². The first kappa shape index (κ1) is 14.3. The lowest BCUT2D eigenvalue weighted by atomic mass is 10.2. The van der Waals surface area contributed by atoms with E-state index in [2.05, 4.69) is 4.98 Å². The van der Waals surface area contributed by atoms with E-state index in [4.69, 9.17) is 5.73 Å². The fraction of sp³-hybridized carbons (Fsp3) is 0.200. The highest BCUT2D eigenvalue weighted by Gasteiger charge is 2.09. The van der Waals surface area contributed by atoms with Crippen LogP contribution in [0.2, 0.25) is 0 Å². The number of benzene rings is 1. The van der Waals surface area contributed by atoms with E-state index in [1.165, 1.54) is 0 Å². The van der Waals surface area contributed by atoms with Crippen LogP contribution in [0.3, 0.4) is 0 Å². The topological polar surface area (TPSA) is 59.2 Å². The van der Waals surface area contributed by atoms with Crippen LogP contribution in [-0.2, 0) is 11.3 Å². The van der Waals surface area contributed by atoms with Gasteiger partial charge in [-0.3, -0.25) is 4.79 Å². The predicted molar refractivity (Wildman–Crippen MR) is 83.2 cm³/mol. The van der Waals surface area contributed by atoms with E-state index in [-0.39, 0.29) is 5.91 Å². The number of likely N-dealkylation sites (N-methyl/N-ethyl adjacent to an activating group) is 1. The van der Waals surface area contributed by atoms with E-state index in [9.17, 15) is 4.79 Å². The molecule has 0 radical (unpaired) electrons. The molecule has 20 heavy (non-hydrogen) atoms. The highest BCUT2D eigenvalue weighted by atomic mass is 32.1. The molecule has 0 saturated heterocycles. The Labute approximate surface area is 122 Å². The average Bonchev–Trinajstić information content (AvgIpc) is 2.83. The fourth-order valence-electron chi connectivity index (χ4n) is 1.67. The van der Waals surface area contributed by atoms with Crippen molar-refractivity contribution in [3.05, 3.63) is 52.0 Å². The molecule has 1 heterocycles. The van der Waals surface area contributed by atoms with Crippen molar-refractivity contribution in [2.24, 2.45) is 0 Å². The van der Waals surface area contributed by atoms with Crippen LogP contribution in [0.1, 0.15) is 16.1 Å². The van der Waals surface area contributed by atoms with Crippen LogP contribution in [0.25, 0.3) is 6.08 Å². The Morgan fingerprint density at radius 2 is 2.10 bits per heavy atom. The van der Waals surface area contributed by atoms with Gasteiger partial charge in [-0.2, -0.15) is 0 Å². The highest BCUT2D eigenvalue weighted by molar-refractivity contribution is 7.09. The third-order valence-electron chi connectivity index (χ3n) is 2.96. The Bertz CT molecular complexity index is 616. The summed E-state index contributed by atoms with van der Waals surface area (Å²) in [6.45, 7) is 2.54. The maximum absolute atomic E-state index is 12.0. The maximum atomic E-state index is 12.0. The number of nitrogens with zero attached hydrogens (tertiary/aromatic N) is 2. The van der Waals surface area contributed by atoms with Crippen molar-refractivity contribution in [3.63, 3.8) is 0 Å². The van der Waals surface area contributed by atoms with Crippen LogP contribution < -0.4 is 5.73 Å². The summed E-state index contributed by atoms with van der Waals surface area (Å²) in [7, 11) is 1.79. The molecule has 0 aliphatic carbocycles. The fourth-order valence-corrected chi connectivity index (χ4v) is 2.50. The van der Waals surface area contributed by atoms with Gasteiger partial charge < -0.3 is 10.6 Å². The van der Waals surface area contributed by atoms with Gasteiger partial charge in [0.1, 0.15) is 0 Å². The molecule has 1 aromatic heterocycles. The third kappa shape index (κ3) is 3.68. The molecule has 5 heteroatoms. The number of amides is 1. The number of hydrogen-bond acceptors (Lipinski definition) is 4. The molecule has 104 valence electrons. The second-order valence-corrected chi connectivity index (χ2v) is 5.49. The monoisotopic (exact) mass is 287 g/mol. The van der Waals surface area contributed by atoms with Crippen LogP contribution in [0.5, 0.6) is 0 Å². The molecule has 1 aromatic carbocycles. The highest BCUT2D eigenvalue weighted by Crippen LogP contribution is 2.14. The summed E-state index contributed by atoms with van der Waals surface area (Å²) >= 11 is 1.57. The summed E-state index contributed by atoms with van der Waals surface area (Å²) in [6.07, 6.45) is 3.36. The van der Waals surface area contributed by atoms with E-state index in [1.807, 2.05) is 31.2 Å². The van der Waals surface area contributed by atoms with Gasteiger partial charge in [0.05, 0.1) is 17.7 Å². The minimum atomic E-state index is -0.0328. The second-order valence-electron chi connectivity index (χ2n) is 4.56. The molecule has 0 fully saturated rings. The molecule has 0 aliphatic heterocycles. The zero-order valence-corrected chi connectivity index (χ0v) is 12.4. The molecule has 4 nitrogen and oxygen atoms in total. The molecule has 0 spiro atoms. The number of thiazole rings is 1. The van der Waals surface area contributed by atoms with Gasteiger partial charge in [0.25, 0.3) is 0 Å². The van der Waals surface area contributed by atoms with Crippen molar-refractivity contribution in [1.82, 2.24) is 9.88 Å². The number of carbonyl (C=O) groups is 1. The van der Waals surface area contributed by atoms with E-state index >= 15 is 0 Å². The molecule has 2 aromatic rings. The van der Waals surface area contributed by atoms with Crippen LogP contribution >= 0.6 is 11.3 Å². The Morgan fingerprint density at radius 1 is 1.40 bits per heavy atom. The lowest BCUT2D eigenvalue weighted by molar-refractivity contribution is -0.125.